The van der Waals surface area contributed by atoms with E-state index < -0.39 is 0 Å². The van der Waals surface area contributed by atoms with Crippen LogP contribution in [0.2, 0.25) is 0 Å². The van der Waals surface area contributed by atoms with Crippen LogP contribution in [-0.2, 0) is 5.41 Å². The van der Waals surface area contributed by atoms with Crippen LogP contribution in [0, 0.1) is 5.92 Å². The molecule has 0 fully saturated rings. The Morgan fingerprint density at radius 3 is 1.78 bits per heavy atom. The molecule has 0 aromatic heterocycles. The fourth-order valence-electron chi connectivity index (χ4n) is 9.38. The van der Waals surface area contributed by atoms with Gasteiger partial charge in [0.25, 0.3) is 0 Å². The number of rotatable bonds is 6. The number of anilines is 2. The van der Waals surface area contributed by atoms with Crippen LogP contribution in [0.4, 0.5) is 11.4 Å². The van der Waals surface area contributed by atoms with E-state index in [0.717, 1.165) is 12.1 Å². The van der Waals surface area contributed by atoms with Crippen molar-refractivity contribution in [3.63, 3.8) is 0 Å². The summed E-state index contributed by atoms with van der Waals surface area (Å²) in [5.41, 5.74) is 16.7. The van der Waals surface area contributed by atoms with Crippen molar-refractivity contribution in [3.05, 3.63) is 210 Å². The number of fused-ring (bicyclic) bond motifs is 6. The van der Waals surface area contributed by atoms with Crippen molar-refractivity contribution in [2.24, 2.45) is 5.92 Å². The molecule has 2 aliphatic carbocycles. The number of allylic oxidation sites excluding steroid dienone is 4. The molecule has 0 saturated heterocycles. The van der Waals surface area contributed by atoms with Gasteiger partial charge in [0, 0.05) is 22.5 Å². The van der Waals surface area contributed by atoms with Crippen molar-refractivity contribution in [2.45, 2.75) is 32.6 Å². The highest BCUT2D eigenvalue weighted by molar-refractivity contribution is 6.12. The molecular formula is C54H43N. The highest BCUT2D eigenvalue weighted by Crippen LogP contribution is 2.51. The van der Waals surface area contributed by atoms with E-state index in [2.05, 4.69) is 214 Å². The van der Waals surface area contributed by atoms with Gasteiger partial charge in [-0.3, -0.25) is 0 Å². The summed E-state index contributed by atoms with van der Waals surface area (Å²) in [6, 6.07) is 64.8. The lowest BCUT2D eigenvalue weighted by Gasteiger charge is -2.33. The summed E-state index contributed by atoms with van der Waals surface area (Å²) in [5, 5.41) is 5.23. The lowest BCUT2D eigenvalue weighted by atomic mass is 9.82. The van der Waals surface area contributed by atoms with Crippen LogP contribution in [0.5, 0.6) is 0 Å². The van der Waals surface area contributed by atoms with Gasteiger partial charge in [-0.15, -0.1) is 0 Å². The van der Waals surface area contributed by atoms with E-state index >= 15 is 0 Å². The van der Waals surface area contributed by atoms with Crippen molar-refractivity contribution in [2.75, 3.05) is 4.90 Å². The Morgan fingerprint density at radius 1 is 0.455 bits per heavy atom. The van der Waals surface area contributed by atoms with E-state index in [0.29, 0.717) is 5.92 Å². The van der Waals surface area contributed by atoms with Crippen LogP contribution in [0.1, 0.15) is 43.9 Å². The summed E-state index contributed by atoms with van der Waals surface area (Å²) in [5.74, 6) is 0.318. The van der Waals surface area contributed by atoms with Crippen LogP contribution in [0.3, 0.4) is 0 Å². The van der Waals surface area contributed by atoms with Gasteiger partial charge in [-0.25, -0.2) is 0 Å². The van der Waals surface area contributed by atoms with Crippen molar-refractivity contribution in [3.8, 4) is 33.4 Å². The maximum absolute atomic E-state index is 2.50. The molecule has 55 heavy (non-hydrogen) atoms. The Balaban J connectivity index is 1.11. The molecule has 0 saturated carbocycles. The fraction of sp³-hybridized carbons (Fsp3) is 0.111. The average molecular weight is 706 g/mol. The van der Waals surface area contributed by atoms with Gasteiger partial charge < -0.3 is 4.90 Å². The molecule has 0 radical (unpaired) electrons. The molecule has 0 N–H and O–H groups in total. The SMILES string of the molecule is CC1CC(N(c2ccc(-c3ccccc3-c3ccccc3)cc2)c2ccc3c(c2)-c2ccccc2C3(C)C)=CC=C1c1cc2ccccc2c2ccccc12. The number of hydrogen-bond acceptors (Lipinski definition) is 1. The van der Waals surface area contributed by atoms with E-state index in [1.807, 2.05) is 0 Å². The zero-order valence-corrected chi connectivity index (χ0v) is 31.6. The molecule has 8 aromatic rings. The maximum Gasteiger partial charge on any atom is 0.0464 e. The normalized spacial score (nSPS) is 15.7. The molecule has 10 rings (SSSR count). The maximum atomic E-state index is 2.50. The number of hydrogen-bond donors (Lipinski definition) is 0. The molecule has 2 aliphatic rings. The van der Waals surface area contributed by atoms with Gasteiger partial charge in [0.05, 0.1) is 0 Å². The van der Waals surface area contributed by atoms with Gasteiger partial charge in [-0.1, -0.05) is 172 Å². The van der Waals surface area contributed by atoms with Gasteiger partial charge in [0.2, 0.25) is 0 Å². The summed E-state index contributed by atoms with van der Waals surface area (Å²) in [6.07, 6.45) is 5.69. The number of benzene rings is 8. The first-order chi connectivity index (χ1) is 27.0. The van der Waals surface area contributed by atoms with E-state index in [1.165, 1.54) is 88.6 Å². The molecule has 1 nitrogen and oxygen atoms in total. The summed E-state index contributed by atoms with van der Waals surface area (Å²) >= 11 is 0. The molecule has 1 unspecified atom stereocenters. The smallest absolute Gasteiger partial charge is 0.0464 e. The molecule has 0 aliphatic heterocycles. The number of nitrogens with zero attached hydrogens (tertiary/aromatic N) is 1. The first-order valence-electron chi connectivity index (χ1n) is 19.6. The molecule has 0 spiro atoms. The molecule has 0 amide bonds. The molecule has 264 valence electrons. The van der Waals surface area contributed by atoms with Crippen molar-refractivity contribution in [1.29, 1.82) is 0 Å². The van der Waals surface area contributed by atoms with Crippen LogP contribution in [0.15, 0.2) is 194 Å². The Bertz CT molecular complexity index is 2820. The van der Waals surface area contributed by atoms with E-state index in [4.69, 9.17) is 0 Å². The third-order valence-electron chi connectivity index (χ3n) is 12.1. The van der Waals surface area contributed by atoms with Crippen LogP contribution >= 0.6 is 0 Å². The Labute approximate surface area is 324 Å². The van der Waals surface area contributed by atoms with Gasteiger partial charge in [-0.2, -0.15) is 0 Å². The molecular weight excluding hydrogens is 663 g/mol. The summed E-state index contributed by atoms with van der Waals surface area (Å²) in [6.45, 7) is 7.11. The van der Waals surface area contributed by atoms with Crippen molar-refractivity contribution in [1.82, 2.24) is 0 Å². The molecule has 0 heterocycles. The van der Waals surface area contributed by atoms with Crippen molar-refractivity contribution >= 4 is 38.5 Å². The minimum atomic E-state index is -0.0397. The van der Waals surface area contributed by atoms with Crippen LogP contribution in [-0.4, -0.2) is 0 Å². The molecule has 1 atom stereocenters. The highest BCUT2D eigenvalue weighted by atomic mass is 15.1. The first-order valence-corrected chi connectivity index (χ1v) is 19.6. The summed E-state index contributed by atoms with van der Waals surface area (Å²) < 4.78 is 0. The van der Waals surface area contributed by atoms with E-state index in [-0.39, 0.29) is 5.41 Å². The Kier molecular flexibility index (Phi) is 7.92. The van der Waals surface area contributed by atoms with Gasteiger partial charge in [-0.05, 0) is 126 Å². The highest BCUT2D eigenvalue weighted by Gasteiger charge is 2.36. The van der Waals surface area contributed by atoms with Gasteiger partial charge in [0.15, 0.2) is 0 Å². The topological polar surface area (TPSA) is 3.24 Å². The first kappa shape index (κ1) is 33.2. The molecule has 8 aromatic carbocycles. The minimum absolute atomic E-state index is 0.0397. The predicted molar refractivity (Wildman–Crippen MR) is 235 cm³/mol. The fourth-order valence-corrected chi connectivity index (χ4v) is 9.38. The quantitative estimate of drug-likeness (QED) is 0.156. The average Bonchev–Trinajstić information content (AvgIpc) is 3.47. The third-order valence-corrected chi connectivity index (χ3v) is 12.1. The molecule has 0 bridgehead atoms. The largest absolute Gasteiger partial charge is 0.314 e. The molecule has 1 heteroatoms. The summed E-state index contributed by atoms with van der Waals surface area (Å²) in [7, 11) is 0. The second-order valence-electron chi connectivity index (χ2n) is 15.8. The van der Waals surface area contributed by atoms with Crippen LogP contribution < -0.4 is 4.90 Å². The van der Waals surface area contributed by atoms with Gasteiger partial charge in [0.1, 0.15) is 0 Å². The third kappa shape index (κ3) is 5.53. The van der Waals surface area contributed by atoms with Crippen molar-refractivity contribution < 1.29 is 0 Å². The van der Waals surface area contributed by atoms with Gasteiger partial charge >= 0.3 is 0 Å². The second-order valence-corrected chi connectivity index (χ2v) is 15.8. The Hall–Kier alpha value is -6.44. The standard InChI is InChI=1S/C54H43N/c1-36-33-41(29-31-43(36)50-34-39-17-7-8-20-46(39)47-21-11-12-22-48(47)50)55(42-30-32-53-51(35-42)49-23-13-14-24-52(49)54(53,2)3)40-27-25-38(26-28-40)45-19-10-9-18-44(45)37-15-5-4-6-16-37/h4-32,34-36H,33H2,1-3H3. The Morgan fingerprint density at radius 2 is 1.04 bits per heavy atom. The zero-order chi connectivity index (χ0) is 37.1. The zero-order valence-electron chi connectivity index (χ0n) is 31.6. The minimum Gasteiger partial charge on any atom is -0.314 e. The summed E-state index contributed by atoms with van der Waals surface area (Å²) in [4.78, 5) is 2.50. The predicted octanol–water partition coefficient (Wildman–Crippen LogP) is 14.8. The van der Waals surface area contributed by atoms with E-state index in [1.54, 1.807) is 0 Å². The second kappa shape index (κ2) is 13.1. The lowest BCUT2D eigenvalue weighted by Crippen LogP contribution is -2.21. The van der Waals surface area contributed by atoms with E-state index in [9.17, 15) is 0 Å². The lowest BCUT2D eigenvalue weighted by molar-refractivity contribution is 0.660. The van der Waals surface area contributed by atoms with Crippen LogP contribution in [0.25, 0.3) is 60.5 Å². The monoisotopic (exact) mass is 705 g/mol.